The molecule has 0 aliphatic carbocycles. The van der Waals surface area contributed by atoms with E-state index in [1.54, 1.807) is 12.1 Å². The summed E-state index contributed by atoms with van der Waals surface area (Å²) < 4.78 is 53.1. The first kappa shape index (κ1) is 30.7. The van der Waals surface area contributed by atoms with Gasteiger partial charge in [0.1, 0.15) is 36.1 Å². The van der Waals surface area contributed by atoms with Gasteiger partial charge in [0.25, 0.3) is 0 Å². The number of phosphoric acid groups is 1. The number of aliphatic hydroxyl groups excluding tert-OH is 2. The van der Waals surface area contributed by atoms with Crippen molar-refractivity contribution in [3.05, 3.63) is 42.5 Å². The van der Waals surface area contributed by atoms with Crippen molar-refractivity contribution in [1.82, 2.24) is 19.5 Å². The van der Waals surface area contributed by atoms with Crippen LogP contribution in [-0.4, -0.2) is 81.8 Å². The summed E-state index contributed by atoms with van der Waals surface area (Å²) >= 11 is 0. The monoisotopic (exact) mass is 623 g/mol. The maximum absolute atomic E-state index is 12.5. The van der Waals surface area contributed by atoms with E-state index in [0.29, 0.717) is 13.0 Å². The first-order chi connectivity index (χ1) is 18.7. The van der Waals surface area contributed by atoms with Crippen LogP contribution >= 0.6 is 22.9 Å². The molecule has 0 saturated carbocycles. The molecule has 0 amide bonds. The molecule has 1 aliphatic heterocycles. The molecular weight excluding hydrogens is 595 g/mol. The van der Waals surface area contributed by atoms with Crippen LogP contribution in [0, 0.1) is 0 Å². The Labute approximate surface area is 226 Å². The van der Waals surface area contributed by atoms with E-state index in [4.69, 9.17) is 20.7 Å². The molecule has 1 fully saturated rings. The molecule has 1 aromatic carbocycles. The summed E-state index contributed by atoms with van der Waals surface area (Å²) in [5, 5.41) is 23.0. The average molecular weight is 623 g/mol. The van der Waals surface area contributed by atoms with E-state index in [1.165, 1.54) is 23.0 Å². The number of ether oxygens (including phenoxy) is 1. The fourth-order valence-electron chi connectivity index (χ4n) is 3.92. The molecule has 10 N–H and O–H groups in total. The molecule has 3 heterocycles. The number of aliphatic hydroxyl groups is 2. The SMILES string of the molecule is NCCc1ccc(NP(=O)(O)CP(=O)(O)OP(=O)(O)OC[C@H]2O[C@@H](n3cnc4c(N)ncnc43)C(O)C2O)cc1. The van der Waals surface area contributed by atoms with E-state index >= 15 is 0 Å². The average Bonchev–Trinajstić information content (AvgIpc) is 3.39. The zero-order chi connectivity index (χ0) is 29.3. The highest BCUT2D eigenvalue weighted by atomic mass is 31.3. The van der Waals surface area contributed by atoms with E-state index in [2.05, 4.69) is 24.3 Å². The highest BCUT2D eigenvalue weighted by Gasteiger charge is 2.46. The molecule has 1 saturated heterocycles. The highest BCUT2D eigenvalue weighted by molar-refractivity contribution is 7.76. The van der Waals surface area contributed by atoms with Crippen LogP contribution in [0.25, 0.3) is 11.2 Å². The number of nitrogens with zero attached hydrogens (tertiary/aromatic N) is 4. The molecule has 0 radical (unpaired) electrons. The van der Waals surface area contributed by atoms with Crippen LogP contribution in [0.2, 0.25) is 0 Å². The van der Waals surface area contributed by atoms with Crippen LogP contribution in [0.5, 0.6) is 0 Å². The van der Waals surface area contributed by atoms with Gasteiger partial charge in [-0.2, -0.15) is 0 Å². The third kappa shape index (κ3) is 7.31. The lowest BCUT2D eigenvalue weighted by molar-refractivity contribution is -0.0501. The molecule has 0 bridgehead atoms. The third-order valence-electron chi connectivity index (χ3n) is 5.69. The number of nitrogens with two attached hydrogens (primary N) is 2. The number of rotatable bonds is 12. The van der Waals surface area contributed by atoms with Crippen LogP contribution in [0.3, 0.4) is 0 Å². The number of nitrogen functional groups attached to an aromatic ring is 1. The van der Waals surface area contributed by atoms with E-state index in [-0.39, 0.29) is 22.7 Å². The molecule has 2 aromatic heterocycles. The van der Waals surface area contributed by atoms with Gasteiger partial charge in [0.2, 0.25) is 0 Å². The van der Waals surface area contributed by atoms with Gasteiger partial charge >= 0.3 is 22.9 Å². The Bertz CT molecular complexity index is 1490. The summed E-state index contributed by atoms with van der Waals surface area (Å²) in [6.07, 6.45) is -2.91. The quantitative estimate of drug-likeness (QED) is 0.124. The number of hydrogen-bond donors (Lipinski definition) is 8. The van der Waals surface area contributed by atoms with Crippen molar-refractivity contribution in [2.24, 2.45) is 5.73 Å². The van der Waals surface area contributed by atoms with Crippen molar-refractivity contribution in [3.63, 3.8) is 0 Å². The number of hydrogen-bond acceptors (Lipinski definition) is 13. The van der Waals surface area contributed by atoms with Crippen LogP contribution in [0.1, 0.15) is 11.8 Å². The molecule has 220 valence electrons. The second kappa shape index (κ2) is 11.9. The number of anilines is 2. The molecular formula is C19H28N7O11P3. The topological polar surface area (TPSA) is 288 Å². The highest BCUT2D eigenvalue weighted by Crippen LogP contribution is 2.65. The third-order valence-corrected chi connectivity index (χ3v) is 11.6. The second-order valence-electron chi connectivity index (χ2n) is 8.80. The summed E-state index contributed by atoms with van der Waals surface area (Å²) in [7, 11) is -15.1. The number of fused-ring (bicyclic) bond motifs is 1. The van der Waals surface area contributed by atoms with Crippen LogP contribution in [-0.2, 0) is 33.7 Å². The number of imidazole rings is 1. The van der Waals surface area contributed by atoms with Gasteiger partial charge in [-0.15, -0.1) is 0 Å². The van der Waals surface area contributed by atoms with Gasteiger partial charge in [0.05, 0.1) is 12.9 Å². The standard InChI is InChI=1S/C19H28N7O11P3/c20-6-5-11-1-3-12(4-2-11)25-38(29,30)10-39(31,32)37-40(33,34)35-7-13-15(27)16(28)19(36-13)26-9-24-14-17(21)22-8-23-18(14)26/h1-4,8-9,13,15-16,19,27-28H,5-7,10,20H2,(H,31,32)(H,33,34)(H2,21,22,23)(H2,25,29,30)/t13-,15?,16?,19-/m1/s1. The Morgan fingerprint density at radius 2 is 1.75 bits per heavy atom. The predicted octanol–water partition coefficient (Wildman–Crippen LogP) is 0.103. The fourth-order valence-corrected chi connectivity index (χ4v) is 9.18. The lowest BCUT2D eigenvalue weighted by atomic mass is 10.1. The molecule has 21 heteroatoms. The van der Waals surface area contributed by atoms with Crippen molar-refractivity contribution in [2.45, 2.75) is 31.0 Å². The van der Waals surface area contributed by atoms with Crippen molar-refractivity contribution in [1.29, 1.82) is 0 Å². The Balaban J connectivity index is 1.35. The minimum Gasteiger partial charge on any atom is -0.387 e. The lowest BCUT2D eigenvalue weighted by Crippen LogP contribution is -2.33. The predicted molar refractivity (Wildman–Crippen MR) is 140 cm³/mol. The van der Waals surface area contributed by atoms with Gasteiger partial charge in [-0.25, -0.2) is 23.8 Å². The molecule has 7 atom stereocenters. The zero-order valence-electron chi connectivity index (χ0n) is 20.6. The molecule has 1 aliphatic rings. The largest absolute Gasteiger partial charge is 0.479 e. The first-order valence-corrected chi connectivity index (χ1v) is 16.6. The van der Waals surface area contributed by atoms with Gasteiger partial charge in [0, 0.05) is 5.69 Å². The van der Waals surface area contributed by atoms with Crippen molar-refractivity contribution < 1.29 is 52.2 Å². The van der Waals surface area contributed by atoms with Gasteiger partial charge in [0.15, 0.2) is 17.7 Å². The van der Waals surface area contributed by atoms with Crippen molar-refractivity contribution >= 4 is 45.6 Å². The lowest BCUT2D eigenvalue weighted by Gasteiger charge is -2.21. The molecule has 18 nitrogen and oxygen atoms in total. The smallest absolute Gasteiger partial charge is 0.387 e. The number of phosphoric ester groups is 1. The fraction of sp³-hybridized carbons (Fsp3) is 0.421. The minimum absolute atomic E-state index is 0.0616. The normalized spacial score (nSPS) is 25.8. The summed E-state index contributed by atoms with van der Waals surface area (Å²) in [4.78, 5) is 42.0. The van der Waals surface area contributed by atoms with Crippen molar-refractivity contribution in [2.75, 3.05) is 29.9 Å². The van der Waals surface area contributed by atoms with Gasteiger partial charge < -0.3 is 46.2 Å². The Hall–Kier alpha value is -2.30. The van der Waals surface area contributed by atoms with Gasteiger partial charge in [-0.3, -0.25) is 18.2 Å². The zero-order valence-corrected chi connectivity index (χ0v) is 23.3. The summed E-state index contributed by atoms with van der Waals surface area (Å²) in [5.74, 6) is -1.37. The van der Waals surface area contributed by atoms with Crippen molar-refractivity contribution in [3.8, 4) is 0 Å². The van der Waals surface area contributed by atoms with E-state index in [1.807, 2.05) is 0 Å². The Kier molecular flexibility index (Phi) is 9.12. The number of benzene rings is 1. The van der Waals surface area contributed by atoms with E-state index in [0.717, 1.165) is 11.9 Å². The van der Waals surface area contributed by atoms with E-state index in [9.17, 15) is 38.6 Å². The molecule has 0 spiro atoms. The van der Waals surface area contributed by atoms with Crippen LogP contribution in [0.15, 0.2) is 36.9 Å². The van der Waals surface area contributed by atoms with E-state index < -0.39 is 60.0 Å². The molecule has 40 heavy (non-hydrogen) atoms. The summed E-state index contributed by atoms with van der Waals surface area (Å²) in [5.41, 5.74) is 12.6. The van der Waals surface area contributed by atoms with Crippen LogP contribution in [0.4, 0.5) is 11.5 Å². The number of aromatic nitrogens is 4. The summed E-state index contributed by atoms with van der Waals surface area (Å²) in [6, 6.07) is 6.19. The molecule has 5 unspecified atom stereocenters. The van der Waals surface area contributed by atoms with Gasteiger partial charge in [-0.05, 0) is 30.7 Å². The second-order valence-corrected chi connectivity index (χ2v) is 14.7. The Morgan fingerprint density at radius 3 is 2.42 bits per heavy atom. The van der Waals surface area contributed by atoms with Crippen LogP contribution < -0.4 is 16.6 Å². The first-order valence-electron chi connectivity index (χ1n) is 11.5. The summed E-state index contributed by atoms with van der Waals surface area (Å²) in [6.45, 7) is -0.476. The maximum atomic E-state index is 12.5. The molecule has 3 aromatic rings. The number of nitrogens with one attached hydrogen (secondary N) is 1. The van der Waals surface area contributed by atoms with Gasteiger partial charge in [-0.1, -0.05) is 12.1 Å². The Morgan fingerprint density at radius 1 is 1.05 bits per heavy atom. The maximum Gasteiger partial charge on any atom is 0.479 e. The minimum atomic E-state index is -5.34. The molecule has 4 rings (SSSR count).